The molecule has 1 saturated carbocycles. The van der Waals surface area contributed by atoms with Gasteiger partial charge in [0.25, 0.3) is 0 Å². The van der Waals surface area contributed by atoms with Gasteiger partial charge >= 0.3 is 0 Å². The number of rotatable bonds is 5. The summed E-state index contributed by atoms with van der Waals surface area (Å²) >= 11 is 3.26. The summed E-state index contributed by atoms with van der Waals surface area (Å²) in [6.45, 7) is 0.238. The Hall–Kier alpha value is -1.24. The summed E-state index contributed by atoms with van der Waals surface area (Å²) in [6, 6.07) is 10.7. The lowest BCUT2D eigenvalue weighted by Gasteiger charge is -2.08. The zero-order valence-corrected chi connectivity index (χ0v) is 13.7. The number of pyridine rings is 1. The molecule has 0 amide bonds. The fourth-order valence-electron chi connectivity index (χ4n) is 2.08. The van der Waals surface area contributed by atoms with Crippen LogP contribution in [-0.4, -0.2) is 13.4 Å². The molecule has 0 bridgehead atoms. The van der Waals surface area contributed by atoms with Gasteiger partial charge in [-0.3, -0.25) is 4.98 Å². The highest BCUT2D eigenvalue weighted by atomic mass is 79.9. The highest BCUT2D eigenvalue weighted by Gasteiger charge is 2.24. The number of aromatic nitrogens is 1. The summed E-state index contributed by atoms with van der Waals surface area (Å²) in [7, 11) is -3.53. The average Bonchev–Trinajstić information content (AvgIpc) is 3.31. The van der Waals surface area contributed by atoms with Crippen molar-refractivity contribution in [2.24, 2.45) is 0 Å². The molecule has 0 atom stereocenters. The smallest absolute Gasteiger partial charge is 0.241 e. The Labute approximate surface area is 132 Å². The number of nitrogens with zero attached hydrogens (tertiary/aromatic N) is 1. The minimum absolute atomic E-state index is 0.238. The number of benzene rings is 1. The van der Waals surface area contributed by atoms with Gasteiger partial charge < -0.3 is 0 Å². The molecule has 1 aromatic heterocycles. The van der Waals surface area contributed by atoms with Gasteiger partial charge in [0.1, 0.15) is 0 Å². The van der Waals surface area contributed by atoms with Crippen LogP contribution in [0.3, 0.4) is 0 Å². The molecule has 4 nitrogen and oxygen atoms in total. The van der Waals surface area contributed by atoms with Crippen LogP contribution < -0.4 is 4.72 Å². The van der Waals surface area contributed by atoms with Gasteiger partial charge in [0.15, 0.2) is 0 Å². The Kier molecular flexibility index (Phi) is 4.10. The number of halogens is 1. The summed E-state index contributed by atoms with van der Waals surface area (Å²) in [4.78, 5) is 4.63. The molecule has 3 rings (SSSR count). The summed E-state index contributed by atoms with van der Waals surface area (Å²) in [5.41, 5.74) is 1.96. The van der Waals surface area contributed by atoms with Gasteiger partial charge in [0.05, 0.1) is 4.90 Å². The molecule has 0 aliphatic heterocycles. The van der Waals surface area contributed by atoms with E-state index in [4.69, 9.17) is 0 Å². The van der Waals surface area contributed by atoms with Crippen molar-refractivity contribution in [1.82, 2.24) is 9.71 Å². The van der Waals surface area contributed by atoms with E-state index in [0.717, 1.165) is 11.3 Å². The second-order valence-electron chi connectivity index (χ2n) is 5.12. The Morgan fingerprint density at radius 2 is 1.95 bits per heavy atom. The van der Waals surface area contributed by atoms with Gasteiger partial charge in [-0.1, -0.05) is 18.2 Å². The first-order valence-electron chi connectivity index (χ1n) is 6.75. The van der Waals surface area contributed by atoms with Crippen LogP contribution in [0.5, 0.6) is 0 Å². The van der Waals surface area contributed by atoms with E-state index in [2.05, 4.69) is 25.6 Å². The normalized spacial score (nSPS) is 15.1. The Bertz CT molecular complexity index is 741. The fourth-order valence-corrected chi connectivity index (χ4v) is 4.10. The van der Waals surface area contributed by atoms with Crippen molar-refractivity contribution >= 4 is 26.0 Å². The molecule has 0 unspecified atom stereocenters. The third kappa shape index (κ3) is 3.51. The van der Waals surface area contributed by atoms with Crippen molar-refractivity contribution in [2.75, 3.05) is 0 Å². The highest BCUT2D eigenvalue weighted by molar-refractivity contribution is 9.10. The SMILES string of the molecule is O=S(=O)(NCc1ccc(C2CC2)nc1)c1ccccc1Br. The Morgan fingerprint density at radius 3 is 2.57 bits per heavy atom. The van der Waals surface area contributed by atoms with Crippen LogP contribution >= 0.6 is 15.9 Å². The van der Waals surface area contributed by atoms with Crippen LogP contribution in [0.4, 0.5) is 0 Å². The van der Waals surface area contributed by atoms with Gasteiger partial charge in [-0.05, 0) is 52.5 Å². The largest absolute Gasteiger partial charge is 0.261 e. The molecule has 1 aliphatic carbocycles. The summed E-state index contributed by atoms with van der Waals surface area (Å²) < 4.78 is 27.7. The van der Waals surface area contributed by atoms with E-state index < -0.39 is 10.0 Å². The Morgan fingerprint density at radius 1 is 1.19 bits per heavy atom. The van der Waals surface area contributed by atoms with Crippen LogP contribution in [0.2, 0.25) is 0 Å². The molecule has 21 heavy (non-hydrogen) atoms. The second-order valence-corrected chi connectivity index (χ2v) is 7.71. The lowest BCUT2D eigenvalue weighted by Crippen LogP contribution is -2.23. The topological polar surface area (TPSA) is 59.1 Å². The highest BCUT2D eigenvalue weighted by Crippen LogP contribution is 2.38. The standard InChI is InChI=1S/C15H15BrN2O2S/c16-13-3-1-2-4-15(13)21(19,20)18-10-11-5-8-14(17-9-11)12-6-7-12/h1-5,8-9,12,18H,6-7,10H2. The predicted octanol–water partition coefficient (Wildman–Crippen LogP) is 3.20. The van der Waals surface area contributed by atoms with Crippen LogP contribution in [0.1, 0.15) is 30.0 Å². The molecule has 0 spiro atoms. The first-order valence-corrected chi connectivity index (χ1v) is 9.03. The van der Waals surface area contributed by atoms with Crippen molar-refractivity contribution in [3.63, 3.8) is 0 Å². The third-order valence-electron chi connectivity index (χ3n) is 3.44. The van der Waals surface area contributed by atoms with E-state index in [9.17, 15) is 8.42 Å². The van der Waals surface area contributed by atoms with Crippen molar-refractivity contribution in [1.29, 1.82) is 0 Å². The van der Waals surface area contributed by atoms with E-state index >= 15 is 0 Å². The molecule has 0 radical (unpaired) electrons. The van der Waals surface area contributed by atoms with Gasteiger partial charge in [-0.15, -0.1) is 0 Å². The maximum absolute atomic E-state index is 12.2. The first-order chi connectivity index (χ1) is 10.1. The first kappa shape index (κ1) is 14.7. The molecule has 110 valence electrons. The molecular weight excluding hydrogens is 352 g/mol. The maximum Gasteiger partial charge on any atom is 0.241 e. The predicted molar refractivity (Wildman–Crippen MR) is 84.4 cm³/mol. The molecule has 1 aromatic carbocycles. The molecule has 1 heterocycles. The van der Waals surface area contributed by atoms with E-state index in [0.29, 0.717) is 10.4 Å². The maximum atomic E-state index is 12.2. The number of hydrogen-bond donors (Lipinski definition) is 1. The molecule has 6 heteroatoms. The zero-order chi connectivity index (χ0) is 14.9. The van der Waals surface area contributed by atoms with Gasteiger partial charge in [-0.2, -0.15) is 0 Å². The van der Waals surface area contributed by atoms with Gasteiger partial charge in [0, 0.05) is 28.8 Å². The summed E-state index contributed by atoms with van der Waals surface area (Å²) in [6.07, 6.45) is 4.16. The minimum atomic E-state index is -3.53. The van der Waals surface area contributed by atoms with Crippen LogP contribution in [0.15, 0.2) is 52.0 Å². The van der Waals surface area contributed by atoms with Gasteiger partial charge in [0.2, 0.25) is 10.0 Å². The quantitative estimate of drug-likeness (QED) is 0.883. The fraction of sp³-hybridized carbons (Fsp3) is 0.267. The average molecular weight is 367 g/mol. The second kappa shape index (κ2) is 5.87. The lowest BCUT2D eigenvalue weighted by atomic mass is 10.2. The molecular formula is C15H15BrN2O2S. The molecule has 1 fully saturated rings. The molecule has 2 aromatic rings. The summed E-state index contributed by atoms with van der Waals surface area (Å²) in [5, 5.41) is 0. The molecule has 0 saturated heterocycles. The van der Waals surface area contributed by atoms with Crippen LogP contribution in [-0.2, 0) is 16.6 Å². The minimum Gasteiger partial charge on any atom is -0.261 e. The number of sulfonamides is 1. The monoisotopic (exact) mass is 366 g/mol. The van der Waals surface area contributed by atoms with Gasteiger partial charge in [-0.25, -0.2) is 13.1 Å². The van der Waals surface area contributed by atoms with E-state index in [1.165, 1.54) is 12.8 Å². The lowest BCUT2D eigenvalue weighted by molar-refractivity contribution is 0.580. The van der Waals surface area contributed by atoms with E-state index in [-0.39, 0.29) is 11.4 Å². The number of hydrogen-bond acceptors (Lipinski definition) is 3. The van der Waals surface area contributed by atoms with Crippen LogP contribution in [0.25, 0.3) is 0 Å². The van der Waals surface area contributed by atoms with Crippen molar-refractivity contribution in [3.8, 4) is 0 Å². The zero-order valence-electron chi connectivity index (χ0n) is 11.3. The Balaban J connectivity index is 1.70. The molecule has 1 aliphatic rings. The van der Waals surface area contributed by atoms with E-state index in [1.54, 1.807) is 30.5 Å². The number of nitrogens with one attached hydrogen (secondary N) is 1. The molecule has 1 N–H and O–H groups in total. The van der Waals surface area contributed by atoms with Crippen molar-refractivity contribution in [3.05, 3.63) is 58.3 Å². The van der Waals surface area contributed by atoms with Crippen LogP contribution in [0, 0.1) is 0 Å². The van der Waals surface area contributed by atoms with E-state index in [1.807, 2.05) is 12.1 Å². The summed E-state index contributed by atoms with van der Waals surface area (Å²) in [5.74, 6) is 0.607. The van der Waals surface area contributed by atoms with Crippen molar-refractivity contribution in [2.45, 2.75) is 30.2 Å². The van der Waals surface area contributed by atoms with Crippen molar-refractivity contribution < 1.29 is 8.42 Å². The third-order valence-corrected chi connectivity index (χ3v) is 5.85.